The van der Waals surface area contributed by atoms with E-state index in [4.69, 9.17) is 28.4 Å². The van der Waals surface area contributed by atoms with Gasteiger partial charge in [-0.2, -0.15) is 0 Å². The molecule has 2 saturated heterocycles. The van der Waals surface area contributed by atoms with Crippen LogP contribution in [0.1, 0.15) is 103 Å². The van der Waals surface area contributed by atoms with Gasteiger partial charge < -0.3 is 28.4 Å². The van der Waals surface area contributed by atoms with Gasteiger partial charge in [0.05, 0.1) is 13.2 Å². The van der Waals surface area contributed by atoms with Crippen LogP contribution in [0.15, 0.2) is 12.2 Å². The van der Waals surface area contributed by atoms with Gasteiger partial charge in [-0.1, -0.05) is 76.4 Å². The average Bonchev–Trinajstić information content (AvgIpc) is 3.49. The summed E-state index contributed by atoms with van der Waals surface area (Å²) >= 11 is 0. The van der Waals surface area contributed by atoms with Gasteiger partial charge in [-0.05, 0) is 38.5 Å². The van der Waals surface area contributed by atoms with Crippen LogP contribution < -0.4 is 0 Å². The summed E-state index contributed by atoms with van der Waals surface area (Å²) in [7, 11) is 0. The number of carbonyl (C=O) groups is 2. The van der Waals surface area contributed by atoms with Crippen molar-refractivity contribution >= 4 is 12.3 Å². The van der Waals surface area contributed by atoms with Crippen molar-refractivity contribution < 1.29 is 38.0 Å². The van der Waals surface area contributed by atoms with Crippen molar-refractivity contribution in [1.82, 2.24) is 0 Å². The number of unbranched alkanes of at least 4 members (excludes halogenated alkanes) is 14. The molecular formula is C28H48O8. The molecule has 0 N–H and O–H groups in total. The SMILES string of the molecule is O=C1OCC(COCCCCCCCCC/C=C/CCCCCCCCCOCC2COC(=O)O2)O1. The normalized spacial score (nSPS) is 19.4. The largest absolute Gasteiger partial charge is 0.508 e. The van der Waals surface area contributed by atoms with E-state index in [1.807, 2.05) is 0 Å². The summed E-state index contributed by atoms with van der Waals surface area (Å²) in [6, 6.07) is 0. The standard InChI is InChI=1S/C28H48O8/c29-27-33-23-25(35-27)21-31-19-17-15-13-11-9-7-5-3-1-2-4-6-8-10-12-14-16-18-20-32-22-26-24-34-28(30)36-26/h1-2,25-26H,3-24H2/b2-1+. The third-order valence-corrected chi connectivity index (χ3v) is 6.39. The first-order valence-corrected chi connectivity index (χ1v) is 14.2. The van der Waals surface area contributed by atoms with Crippen molar-refractivity contribution in [2.24, 2.45) is 0 Å². The van der Waals surface area contributed by atoms with Crippen molar-refractivity contribution in [3.05, 3.63) is 12.2 Å². The van der Waals surface area contributed by atoms with Gasteiger partial charge in [0.1, 0.15) is 13.2 Å². The van der Waals surface area contributed by atoms with E-state index in [0.29, 0.717) is 26.4 Å². The Hall–Kier alpha value is -1.80. The summed E-state index contributed by atoms with van der Waals surface area (Å²) in [5.41, 5.74) is 0. The molecule has 8 nitrogen and oxygen atoms in total. The number of cyclic esters (lactones) is 4. The molecule has 0 spiro atoms. The zero-order valence-electron chi connectivity index (χ0n) is 22.1. The second kappa shape index (κ2) is 21.3. The molecule has 36 heavy (non-hydrogen) atoms. The third kappa shape index (κ3) is 16.8. The third-order valence-electron chi connectivity index (χ3n) is 6.39. The number of hydrogen-bond acceptors (Lipinski definition) is 8. The van der Waals surface area contributed by atoms with Crippen LogP contribution in [0.25, 0.3) is 0 Å². The predicted molar refractivity (Wildman–Crippen MR) is 137 cm³/mol. The number of ether oxygens (including phenoxy) is 6. The van der Waals surface area contributed by atoms with Gasteiger partial charge in [-0.3, -0.25) is 0 Å². The molecule has 2 aliphatic rings. The van der Waals surface area contributed by atoms with E-state index < -0.39 is 12.3 Å². The van der Waals surface area contributed by atoms with Gasteiger partial charge in [-0.15, -0.1) is 0 Å². The Morgan fingerprint density at radius 2 is 0.917 bits per heavy atom. The molecule has 0 radical (unpaired) electrons. The molecule has 0 aromatic carbocycles. The summed E-state index contributed by atoms with van der Waals surface area (Å²) in [5.74, 6) is 0. The molecule has 0 amide bonds. The van der Waals surface area contributed by atoms with Crippen LogP contribution in [-0.2, 0) is 28.4 Å². The molecule has 0 bridgehead atoms. The summed E-state index contributed by atoms with van der Waals surface area (Å²) in [6.45, 7) is 2.97. The Bertz CT molecular complexity index is 544. The Kier molecular flexibility index (Phi) is 18.0. The summed E-state index contributed by atoms with van der Waals surface area (Å²) < 4.78 is 30.4. The molecular weight excluding hydrogens is 464 g/mol. The van der Waals surface area contributed by atoms with Crippen molar-refractivity contribution in [1.29, 1.82) is 0 Å². The highest BCUT2D eigenvalue weighted by Crippen LogP contribution is 2.12. The quantitative estimate of drug-likeness (QED) is 0.0785. The van der Waals surface area contributed by atoms with Crippen LogP contribution in [0.5, 0.6) is 0 Å². The zero-order chi connectivity index (χ0) is 25.5. The van der Waals surface area contributed by atoms with Crippen molar-refractivity contribution in [2.75, 3.05) is 39.6 Å². The molecule has 0 aliphatic carbocycles. The number of allylic oxidation sites excluding steroid dienone is 2. The summed E-state index contributed by atoms with van der Waals surface area (Å²) in [6.07, 6.45) is 23.1. The molecule has 2 atom stereocenters. The Labute approximate surface area is 217 Å². The molecule has 2 rings (SSSR count). The van der Waals surface area contributed by atoms with E-state index >= 15 is 0 Å². The van der Waals surface area contributed by atoms with Crippen LogP contribution in [0.4, 0.5) is 9.59 Å². The maximum absolute atomic E-state index is 10.8. The minimum atomic E-state index is -0.583. The number of rotatable bonds is 24. The zero-order valence-corrected chi connectivity index (χ0v) is 22.1. The summed E-state index contributed by atoms with van der Waals surface area (Å²) in [4.78, 5) is 21.6. The lowest BCUT2D eigenvalue weighted by Gasteiger charge is -2.07. The van der Waals surface area contributed by atoms with Crippen molar-refractivity contribution in [3.63, 3.8) is 0 Å². The first-order valence-electron chi connectivity index (χ1n) is 14.2. The maximum Gasteiger partial charge on any atom is 0.508 e. The van der Waals surface area contributed by atoms with Crippen LogP contribution >= 0.6 is 0 Å². The minimum Gasteiger partial charge on any atom is -0.430 e. The fraction of sp³-hybridized carbons (Fsp3) is 0.857. The molecule has 8 heteroatoms. The molecule has 2 heterocycles. The van der Waals surface area contributed by atoms with Gasteiger partial charge in [0.15, 0.2) is 12.2 Å². The monoisotopic (exact) mass is 512 g/mol. The molecule has 0 aromatic rings. The molecule has 208 valence electrons. The van der Waals surface area contributed by atoms with Gasteiger partial charge in [0.25, 0.3) is 0 Å². The van der Waals surface area contributed by atoms with E-state index in [9.17, 15) is 9.59 Å². The lowest BCUT2D eigenvalue weighted by molar-refractivity contribution is 0.0442. The van der Waals surface area contributed by atoms with Crippen molar-refractivity contribution in [3.8, 4) is 0 Å². The Balaban J connectivity index is 1.18. The second-order valence-electron chi connectivity index (χ2n) is 9.75. The highest BCUT2D eigenvalue weighted by Gasteiger charge is 2.25. The lowest BCUT2D eigenvalue weighted by atomic mass is 10.1. The van der Waals surface area contributed by atoms with Gasteiger partial charge in [0.2, 0.25) is 0 Å². The second-order valence-corrected chi connectivity index (χ2v) is 9.75. The first kappa shape index (κ1) is 30.4. The number of hydrogen-bond donors (Lipinski definition) is 0. The van der Waals surface area contributed by atoms with Gasteiger partial charge >= 0.3 is 12.3 Å². The van der Waals surface area contributed by atoms with Gasteiger partial charge in [-0.25, -0.2) is 9.59 Å². The Morgan fingerprint density at radius 1 is 0.556 bits per heavy atom. The predicted octanol–water partition coefficient (Wildman–Crippen LogP) is 6.89. The number of carbonyl (C=O) groups excluding carboxylic acids is 2. The summed E-state index contributed by atoms with van der Waals surface area (Å²) in [5, 5.41) is 0. The van der Waals surface area contributed by atoms with Crippen LogP contribution in [0.3, 0.4) is 0 Å². The molecule has 2 fully saturated rings. The fourth-order valence-electron chi connectivity index (χ4n) is 4.26. The molecule has 0 saturated carbocycles. The topological polar surface area (TPSA) is 89.5 Å². The Morgan fingerprint density at radius 3 is 1.28 bits per heavy atom. The highest BCUT2D eigenvalue weighted by molar-refractivity contribution is 5.62. The van der Waals surface area contributed by atoms with Crippen molar-refractivity contribution in [2.45, 2.75) is 115 Å². The lowest BCUT2D eigenvalue weighted by Crippen LogP contribution is -2.18. The van der Waals surface area contributed by atoms with E-state index in [1.54, 1.807) is 0 Å². The van der Waals surface area contributed by atoms with E-state index in [1.165, 1.54) is 89.9 Å². The first-order chi connectivity index (χ1) is 17.7. The average molecular weight is 513 g/mol. The minimum absolute atomic E-state index is 0.227. The highest BCUT2D eigenvalue weighted by atomic mass is 16.8. The van der Waals surface area contributed by atoms with E-state index in [0.717, 1.165) is 26.1 Å². The van der Waals surface area contributed by atoms with Crippen LogP contribution in [0.2, 0.25) is 0 Å². The molecule has 0 aromatic heterocycles. The smallest absolute Gasteiger partial charge is 0.430 e. The van der Waals surface area contributed by atoms with Gasteiger partial charge in [0, 0.05) is 13.2 Å². The fourth-order valence-corrected chi connectivity index (χ4v) is 4.26. The van der Waals surface area contributed by atoms with E-state index in [-0.39, 0.29) is 12.2 Å². The molecule has 2 aliphatic heterocycles. The van der Waals surface area contributed by atoms with E-state index in [2.05, 4.69) is 12.2 Å². The van der Waals surface area contributed by atoms with Crippen LogP contribution in [-0.4, -0.2) is 64.2 Å². The van der Waals surface area contributed by atoms with Crippen LogP contribution in [0, 0.1) is 0 Å². The maximum atomic E-state index is 10.8. The molecule has 2 unspecified atom stereocenters.